The van der Waals surface area contributed by atoms with Gasteiger partial charge in [0.1, 0.15) is 13.2 Å². The van der Waals surface area contributed by atoms with Gasteiger partial charge in [-0.05, 0) is 25.7 Å². The van der Waals surface area contributed by atoms with Crippen molar-refractivity contribution in [2.45, 2.75) is 57.2 Å². The molecule has 2 rings (SSSR count). The minimum absolute atomic E-state index is 0.0413. The van der Waals surface area contributed by atoms with Gasteiger partial charge in [-0.25, -0.2) is 0 Å². The Labute approximate surface area is 139 Å². The average Bonchev–Trinajstić information content (AvgIpc) is 2.55. The van der Waals surface area contributed by atoms with Crippen LogP contribution < -0.4 is 5.32 Å². The zero-order chi connectivity index (χ0) is 17.6. The van der Waals surface area contributed by atoms with Crippen LogP contribution in [0.5, 0.6) is 0 Å². The zero-order valence-corrected chi connectivity index (χ0v) is 13.7. The van der Waals surface area contributed by atoms with Crippen molar-refractivity contribution >= 4 is 11.8 Å². The third kappa shape index (κ3) is 6.30. The number of likely N-dealkylation sites (tertiary alicyclic amines) is 1. The summed E-state index contributed by atoms with van der Waals surface area (Å²) in [4.78, 5) is 25.5. The van der Waals surface area contributed by atoms with Crippen molar-refractivity contribution in [3.63, 3.8) is 0 Å². The van der Waals surface area contributed by atoms with Crippen molar-refractivity contribution in [3.8, 4) is 0 Å². The number of hydrogen-bond donors (Lipinski definition) is 1. The van der Waals surface area contributed by atoms with Gasteiger partial charge in [-0.15, -0.1) is 0 Å². The third-order valence-electron chi connectivity index (χ3n) is 4.66. The second-order valence-corrected chi connectivity index (χ2v) is 6.61. The lowest BCUT2D eigenvalue weighted by Gasteiger charge is -2.33. The summed E-state index contributed by atoms with van der Waals surface area (Å²) in [6, 6.07) is 0.0413. The van der Waals surface area contributed by atoms with Gasteiger partial charge in [0.25, 0.3) is 0 Å². The summed E-state index contributed by atoms with van der Waals surface area (Å²) in [5.74, 6) is -0.224. The minimum atomic E-state index is -4.42. The van der Waals surface area contributed by atoms with E-state index in [1.54, 1.807) is 0 Å². The van der Waals surface area contributed by atoms with E-state index in [-0.39, 0.29) is 17.9 Å². The van der Waals surface area contributed by atoms with E-state index in [0.29, 0.717) is 25.9 Å². The molecule has 0 radical (unpaired) electrons. The molecule has 1 N–H and O–H groups in total. The van der Waals surface area contributed by atoms with Crippen LogP contribution in [0.25, 0.3) is 0 Å². The molecule has 2 amide bonds. The fourth-order valence-corrected chi connectivity index (χ4v) is 3.30. The molecule has 2 fully saturated rings. The topological polar surface area (TPSA) is 58.6 Å². The molecule has 0 atom stereocenters. The van der Waals surface area contributed by atoms with E-state index in [1.807, 2.05) is 0 Å². The number of carbonyl (C=O) groups excluding carboxylic acids is 2. The largest absolute Gasteiger partial charge is 0.411 e. The lowest BCUT2D eigenvalue weighted by molar-refractivity contribution is -0.178. The van der Waals surface area contributed by atoms with Crippen LogP contribution in [0.2, 0.25) is 0 Å². The molecule has 0 bridgehead atoms. The van der Waals surface area contributed by atoms with E-state index in [0.717, 1.165) is 25.7 Å². The highest BCUT2D eigenvalue weighted by Gasteiger charge is 2.30. The number of halogens is 3. The maximum atomic E-state index is 12.2. The number of nitrogens with zero attached hydrogens (tertiary/aromatic N) is 1. The Morgan fingerprint density at radius 1 is 1.04 bits per heavy atom. The second-order valence-electron chi connectivity index (χ2n) is 6.61. The predicted molar refractivity (Wildman–Crippen MR) is 81.2 cm³/mol. The Bertz CT molecular complexity index is 429. The summed E-state index contributed by atoms with van der Waals surface area (Å²) in [5.41, 5.74) is 0. The van der Waals surface area contributed by atoms with Crippen molar-refractivity contribution in [1.82, 2.24) is 10.2 Å². The Kier molecular flexibility index (Phi) is 6.89. The van der Waals surface area contributed by atoms with Crippen LogP contribution in [0.4, 0.5) is 13.2 Å². The SMILES string of the molecule is O=C(NC1CCN(C(=O)COCC(F)(F)F)CC1)C1CCCCC1. The molecular weight excluding hydrogens is 325 g/mol. The first-order valence-electron chi connectivity index (χ1n) is 8.58. The fraction of sp³-hybridized carbons (Fsp3) is 0.875. The standard InChI is InChI=1S/C16H25F3N2O3/c17-16(18,19)11-24-10-14(22)21-8-6-13(7-9-21)20-15(23)12-4-2-1-3-5-12/h12-13H,1-11H2,(H,20,23). The summed E-state index contributed by atoms with van der Waals surface area (Å²) < 4.78 is 40.4. The first-order chi connectivity index (χ1) is 11.3. The summed E-state index contributed by atoms with van der Waals surface area (Å²) in [6.45, 7) is -1.10. The highest BCUT2D eigenvalue weighted by atomic mass is 19.4. The summed E-state index contributed by atoms with van der Waals surface area (Å²) in [6.07, 6.45) is 2.12. The van der Waals surface area contributed by atoms with Crippen LogP contribution in [-0.2, 0) is 14.3 Å². The molecule has 138 valence electrons. The second kappa shape index (κ2) is 8.69. The molecule has 1 saturated heterocycles. The van der Waals surface area contributed by atoms with Gasteiger partial charge in [0, 0.05) is 25.0 Å². The number of amides is 2. The molecule has 1 saturated carbocycles. The Balaban J connectivity index is 1.65. The Morgan fingerprint density at radius 2 is 1.67 bits per heavy atom. The normalized spacial score (nSPS) is 20.9. The molecule has 0 aromatic rings. The van der Waals surface area contributed by atoms with Gasteiger partial charge in [0.05, 0.1) is 0 Å². The van der Waals surface area contributed by atoms with Crippen LogP contribution >= 0.6 is 0 Å². The average molecular weight is 350 g/mol. The molecule has 1 aliphatic carbocycles. The minimum Gasteiger partial charge on any atom is -0.362 e. The van der Waals surface area contributed by atoms with E-state index in [4.69, 9.17) is 0 Å². The van der Waals surface area contributed by atoms with Gasteiger partial charge >= 0.3 is 6.18 Å². The number of rotatable bonds is 5. The van der Waals surface area contributed by atoms with Gasteiger partial charge in [-0.1, -0.05) is 19.3 Å². The van der Waals surface area contributed by atoms with Crippen molar-refractivity contribution in [3.05, 3.63) is 0 Å². The van der Waals surface area contributed by atoms with E-state index < -0.39 is 25.3 Å². The van der Waals surface area contributed by atoms with Gasteiger partial charge in [-0.2, -0.15) is 13.2 Å². The van der Waals surface area contributed by atoms with Crippen molar-refractivity contribution in [2.75, 3.05) is 26.3 Å². The van der Waals surface area contributed by atoms with Crippen molar-refractivity contribution in [2.24, 2.45) is 5.92 Å². The van der Waals surface area contributed by atoms with Gasteiger partial charge in [-0.3, -0.25) is 9.59 Å². The van der Waals surface area contributed by atoms with E-state index in [9.17, 15) is 22.8 Å². The van der Waals surface area contributed by atoms with Gasteiger partial charge in [0.2, 0.25) is 11.8 Å². The number of ether oxygens (including phenoxy) is 1. The highest BCUT2D eigenvalue weighted by Crippen LogP contribution is 2.24. The number of nitrogens with one attached hydrogen (secondary N) is 1. The van der Waals surface area contributed by atoms with E-state index >= 15 is 0 Å². The van der Waals surface area contributed by atoms with Crippen LogP contribution in [0.3, 0.4) is 0 Å². The number of carbonyl (C=O) groups is 2. The van der Waals surface area contributed by atoms with Crippen molar-refractivity contribution < 1.29 is 27.5 Å². The molecule has 0 spiro atoms. The maximum Gasteiger partial charge on any atom is 0.411 e. The third-order valence-corrected chi connectivity index (χ3v) is 4.66. The summed E-state index contributed by atoms with van der Waals surface area (Å²) in [5, 5.41) is 3.05. The molecule has 1 aliphatic heterocycles. The molecule has 1 heterocycles. The maximum absolute atomic E-state index is 12.2. The van der Waals surface area contributed by atoms with E-state index in [1.165, 1.54) is 11.3 Å². The lowest BCUT2D eigenvalue weighted by Crippen LogP contribution is -2.48. The predicted octanol–water partition coefficient (Wildman–Crippen LogP) is 2.25. The van der Waals surface area contributed by atoms with Gasteiger partial charge < -0.3 is 15.0 Å². The van der Waals surface area contributed by atoms with E-state index in [2.05, 4.69) is 10.1 Å². The van der Waals surface area contributed by atoms with Crippen molar-refractivity contribution in [1.29, 1.82) is 0 Å². The van der Waals surface area contributed by atoms with Crippen LogP contribution in [0.15, 0.2) is 0 Å². The molecule has 5 nitrogen and oxygen atoms in total. The first kappa shape index (κ1) is 19.0. The Hall–Kier alpha value is -1.31. The molecule has 24 heavy (non-hydrogen) atoms. The first-order valence-corrected chi connectivity index (χ1v) is 8.58. The molecule has 2 aliphatic rings. The van der Waals surface area contributed by atoms with Crippen LogP contribution in [0, 0.1) is 5.92 Å². The Morgan fingerprint density at radius 3 is 2.25 bits per heavy atom. The summed E-state index contributed by atoms with van der Waals surface area (Å²) in [7, 11) is 0. The quantitative estimate of drug-likeness (QED) is 0.827. The van der Waals surface area contributed by atoms with Crippen LogP contribution in [0.1, 0.15) is 44.9 Å². The van der Waals surface area contributed by atoms with Gasteiger partial charge in [0.15, 0.2) is 0 Å². The molecular formula is C16H25F3N2O3. The molecule has 0 unspecified atom stereocenters. The zero-order valence-electron chi connectivity index (χ0n) is 13.7. The number of hydrogen-bond acceptors (Lipinski definition) is 3. The monoisotopic (exact) mass is 350 g/mol. The molecule has 8 heteroatoms. The fourth-order valence-electron chi connectivity index (χ4n) is 3.30. The lowest BCUT2D eigenvalue weighted by atomic mass is 9.88. The highest BCUT2D eigenvalue weighted by molar-refractivity contribution is 5.79. The number of alkyl halides is 3. The van der Waals surface area contributed by atoms with Crippen LogP contribution in [-0.4, -0.2) is 55.2 Å². The molecule has 0 aromatic carbocycles. The molecule has 0 aromatic heterocycles. The number of piperidine rings is 1. The smallest absolute Gasteiger partial charge is 0.362 e. The summed E-state index contributed by atoms with van der Waals surface area (Å²) >= 11 is 0.